The van der Waals surface area contributed by atoms with E-state index in [0.29, 0.717) is 11.5 Å². The largest absolute Gasteiger partial charge is 0.478 e. The maximum Gasteiger partial charge on any atom is 0.335 e. The molecule has 0 atom stereocenters. The number of carboxylic acids is 1. The summed E-state index contributed by atoms with van der Waals surface area (Å²) in [6.07, 6.45) is 1.57. The van der Waals surface area contributed by atoms with Crippen LogP contribution in [0.3, 0.4) is 0 Å². The number of hydrogen-bond acceptors (Lipinski definition) is 5. The number of benzene rings is 2. The number of rotatable bonds is 5. The Balaban J connectivity index is 1.85. The monoisotopic (exact) mass is 358 g/mol. The summed E-state index contributed by atoms with van der Waals surface area (Å²) in [6, 6.07) is 11.8. The summed E-state index contributed by atoms with van der Waals surface area (Å²) in [6.45, 7) is 0. The van der Waals surface area contributed by atoms with Crippen LogP contribution in [0.4, 0.5) is 5.69 Å². The lowest BCUT2D eigenvalue weighted by atomic mass is 10.2. The molecule has 3 aromatic rings. The third-order valence-electron chi connectivity index (χ3n) is 3.50. The molecule has 8 nitrogen and oxygen atoms in total. The van der Waals surface area contributed by atoms with Crippen molar-refractivity contribution in [2.75, 3.05) is 4.72 Å². The molecular formula is C16H14N4O4S. The minimum absolute atomic E-state index is 0.0968. The van der Waals surface area contributed by atoms with Gasteiger partial charge in [0.2, 0.25) is 0 Å². The van der Waals surface area contributed by atoms with Gasteiger partial charge in [0, 0.05) is 18.3 Å². The van der Waals surface area contributed by atoms with Gasteiger partial charge in [-0.05, 0) is 42.5 Å². The first-order valence-corrected chi connectivity index (χ1v) is 8.66. The fourth-order valence-electron chi connectivity index (χ4n) is 2.24. The quantitative estimate of drug-likeness (QED) is 0.721. The Kier molecular flexibility index (Phi) is 4.24. The van der Waals surface area contributed by atoms with Gasteiger partial charge in [-0.3, -0.25) is 4.72 Å². The van der Waals surface area contributed by atoms with E-state index in [2.05, 4.69) is 14.9 Å². The van der Waals surface area contributed by atoms with E-state index in [4.69, 9.17) is 5.11 Å². The number of aromatic carboxylic acids is 1. The van der Waals surface area contributed by atoms with Crippen LogP contribution in [-0.4, -0.2) is 34.3 Å². The molecule has 0 fully saturated rings. The first kappa shape index (κ1) is 16.7. The summed E-state index contributed by atoms with van der Waals surface area (Å²) in [4.78, 5) is 10.9. The number of anilines is 1. The van der Waals surface area contributed by atoms with Crippen molar-refractivity contribution in [3.05, 3.63) is 60.4 Å². The van der Waals surface area contributed by atoms with E-state index in [1.54, 1.807) is 42.2 Å². The SMILES string of the molecule is Cn1cnnc1-c1ccc(NS(=O)(=O)c2cccc(C(=O)O)c2)cc1. The minimum Gasteiger partial charge on any atom is -0.478 e. The van der Waals surface area contributed by atoms with E-state index >= 15 is 0 Å². The molecule has 0 saturated heterocycles. The van der Waals surface area contributed by atoms with Gasteiger partial charge in [0.1, 0.15) is 6.33 Å². The normalized spacial score (nSPS) is 11.2. The predicted molar refractivity (Wildman–Crippen MR) is 90.6 cm³/mol. The van der Waals surface area contributed by atoms with Gasteiger partial charge in [-0.25, -0.2) is 13.2 Å². The van der Waals surface area contributed by atoms with E-state index in [1.165, 1.54) is 18.2 Å². The third kappa shape index (κ3) is 3.50. The lowest BCUT2D eigenvalue weighted by Crippen LogP contribution is -2.13. The van der Waals surface area contributed by atoms with Gasteiger partial charge in [-0.2, -0.15) is 0 Å². The summed E-state index contributed by atoms with van der Waals surface area (Å²) < 4.78 is 29.0. The molecule has 25 heavy (non-hydrogen) atoms. The summed E-state index contributed by atoms with van der Waals surface area (Å²) in [5, 5.41) is 16.8. The predicted octanol–water partition coefficient (Wildman–Crippen LogP) is 1.98. The second kappa shape index (κ2) is 6.36. The Morgan fingerprint density at radius 2 is 1.88 bits per heavy atom. The molecule has 0 aliphatic heterocycles. The Hall–Kier alpha value is -3.20. The number of nitrogens with zero attached hydrogens (tertiary/aromatic N) is 3. The highest BCUT2D eigenvalue weighted by atomic mass is 32.2. The Morgan fingerprint density at radius 3 is 2.48 bits per heavy atom. The van der Waals surface area contributed by atoms with Gasteiger partial charge < -0.3 is 9.67 Å². The fourth-order valence-corrected chi connectivity index (χ4v) is 3.35. The Bertz CT molecular complexity index is 1030. The Labute approximate surface area is 143 Å². The second-order valence-corrected chi connectivity index (χ2v) is 6.96. The molecule has 0 unspecified atom stereocenters. The molecular weight excluding hydrogens is 344 g/mol. The highest BCUT2D eigenvalue weighted by Crippen LogP contribution is 2.21. The van der Waals surface area contributed by atoms with Crippen LogP contribution in [0, 0.1) is 0 Å². The van der Waals surface area contributed by atoms with Gasteiger partial charge in [-0.15, -0.1) is 10.2 Å². The highest BCUT2D eigenvalue weighted by Gasteiger charge is 2.16. The van der Waals surface area contributed by atoms with Crippen LogP contribution in [0.1, 0.15) is 10.4 Å². The summed E-state index contributed by atoms with van der Waals surface area (Å²) in [5.74, 6) is -0.534. The number of hydrogen-bond donors (Lipinski definition) is 2. The van der Waals surface area contributed by atoms with Crippen LogP contribution in [0.2, 0.25) is 0 Å². The second-order valence-electron chi connectivity index (χ2n) is 5.28. The molecule has 0 aliphatic carbocycles. The molecule has 0 radical (unpaired) electrons. The summed E-state index contributed by atoms with van der Waals surface area (Å²) >= 11 is 0. The van der Waals surface area contributed by atoms with Gasteiger partial charge >= 0.3 is 5.97 Å². The van der Waals surface area contributed by atoms with E-state index in [1.807, 2.05) is 0 Å². The van der Waals surface area contributed by atoms with Crippen molar-refractivity contribution >= 4 is 21.7 Å². The molecule has 3 rings (SSSR count). The maximum absolute atomic E-state index is 12.4. The van der Waals surface area contributed by atoms with Gasteiger partial charge in [0.05, 0.1) is 10.5 Å². The van der Waals surface area contributed by atoms with Crippen molar-refractivity contribution in [3.63, 3.8) is 0 Å². The van der Waals surface area contributed by atoms with Crippen molar-refractivity contribution in [1.29, 1.82) is 0 Å². The van der Waals surface area contributed by atoms with Crippen LogP contribution in [-0.2, 0) is 17.1 Å². The summed E-state index contributed by atoms with van der Waals surface area (Å²) in [5.41, 5.74) is 1.04. The average molecular weight is 358 g/mol. The van der Waals surface area contributed by atoms with E-state index in [9.17, 15) is 13.2 Å². The van der Waals surface area contributed by atoms with Crippen LogP contribution in [0.5, 0.6) is 0 Å². The zero-order valence-electron chi connectivity index (χ0n) is 13.1. The zero-order chi connectivity index (χ0) is 18.0. The lowest BCUT2D eigenvalue weighted by Gasteiger charge is -2.09. The number of carboxylic acid groups (broad SMARTS) is 1. The number of aromatic nitrogens is 3. The first-order chi connectivity index (χ1) is 11.9. The molecule has 0 amide bonds. The standard InChI is InChI=1S/C16H14N4O4S/c1-20-10-17-18-15(20)11-5-7-13(8-6-11)19-25(23,24)14-4-2-3-12(9-14)16(21)22/h2-10,19H,1H3,(H,21,22). The molecule has 0 bridgehead atoms. The van der Waals surface area contributed by atoms with Crippen molar-refractivity contribution in [3.8, 4) is 11.4 Å². The van der Waals surface area contributed by atoms with Crippen molar-refractivity contribution in [1.82, 2.24) is 14.8 Å². The number of sulfonamides is 1. The van der Waals surface area contributed by atoms with Crippen LogP contribution < -0.4 is 4.72 Å². The molecule has 0 aliphatic rings. The average Bonchev–Trinajstić information content (AvgIpc) is 3.01. The number of aryl methyl sites for hydroxylation is 1. The van der Waals surface area contributed by atoms with Crippen molar-refractivity contribution < 1.29 is 18.3 Å². The minimum atomic E-state index is -3.89. The Morgan fingerprint density at radius 1 is 1.16 bits per heavy atom. The van der Waals surface area contributed by atoms with Crippen molar-refractivity contribution in [2.45, 2.75) is 4.90 Å². The lowest BCUT2D eigenvalue weighted by molar-refractivity contribution is 0.0696. The molecule has 1 heterocycles. The fraction of sp³-hybridized carbons (Fsp3) is 0.0625. The van der Waals surface area contributed by atoms with Gasteiger partial charge in [-0.1, -0.05) is 6.07 Å². The van der Waals surface area contributed by atoms with Crippen LogP contribution in [0.25, 0.3) is 11.4 Å². The highest BCUT2D eigenvalue weighted by molar-refractivity contribution is 7.92. The molecule has 2 aromatic carbocycles. The molecule has 9 heteroatoms. The van der Waals surface area contributed by atoms with E-state index in [0.717, 1.165) is 11.6 Å². The molecule has 0 saturated carbocycles. The smallest absolute Gasteiger partial charge is 0.335 e. The third-order valence-corrected chi connectivity index (χ3v) is 4.88. The molecule has 1 aromatic heterocycles. The maximum atomic E-state index is 12.4. The molecule has 0 spiro atoms. The van der Waals surface area contributed by atoms with Crippen LogP contribution >= 0.6 is 0 Å². The molecule has 128 valence electrons. The van der Waals surface area contributed by atoms with Crippen molar-refractivity contribution in [2.24, 2.45) is 7.05 Å². The van der Waals surface area contributed by atoms with E-state index in [-0.39, 0.29) is 10.5 Å². The summed E-state index contributed by atoms with van der Waals surface area (Å²) in [7, 11) is -2.08. The van der Waals surface area contributed by atoms with Crippen LogP contribution in [0.15, 0.2) is 59.8 Å². The zero-order valence-corrected chi connectivity index (χ0v) is 13.9. The topological polar surface area (TPSA) is 114 Å². The van der Waals surface area contributed by atoms with Gasteiger partial charge in [0.25, 0.3) is 10.0 Å². The molecule has 2 N–H and O–H groups in total. The number of carbonyl (C=O) groups is 1. The van der Waals surface area contributed by atoms with Gasteiger partial charge in [0.15, 0.2) is 5.82 Å². The number of nitrogens with one attached hydrogen (secondary N) is 1. The first-order valence-electron chi connectivity index (χ1n) is 7.17. The van der Waals surface area contributed by atoms with E-state index < -0.39 is 16.0 Å².